The highest BCUT2D eigenvalue weighted by Gasteiger charge is 2.32. The maximum absolute atomic E-state index is 14.1. The Kier molecular flexibility index (Phi) is 5.07. The average molecular weight is 359 g/mol. The molecule has 3 aromatic rings. The van der Waals surface area contributed by atoms with Crippen LogP contribution in [0.1, 0.15) is 24.6 Å². The molecule has 0 aliphatic rings. The van der Waals surface area contributed by atoms with Gasteiger partial charge in [-0.3, -0.25) is 4.98 Å². The van der Waals surface area contributed by atoms with Gasteiger partial charge in [-0.1, -0.05) is 55.8 Å². The Morgan fingerprint density at radius 3 is 1.88 bits per heavy atom. The highest BCUT2D eigenvalue weighted by atomic mass is 19.4. The molecule has 0 saturated heterocycles. The lowest BCUT2D eigenvalue weighted by molar-refractivity contribution is -0.141. The van der Waals surface area contributed by atoms with Gasteiger partial charge in [0, 0.05) is 11.8 Å². The van der Waals surface area contributed by atoms with E-state index in [9.17, 15) is 17.6 Å². The number of rotatable bonds is 4. The van der Waals surface area contributed by atoms with Gasteiger partial charge in [-0.15, -0.1) is 0 Å². The number of benzene rings is 2. The number of halogens is 4. The van der Waals surface area contributed by atoms with E-state index in [1.54, 1.807) is 18.2 Å². The molecule has 0 radical (unpaired) electrons. The van der Waals surface area contributed by atoms with Gasteiger partial charge in [0.2, 0.25) is 0 Å². The number of pyridine rings is 1. The van der Waals surface area contributed by atoms with Gasteiger partial charge in [0.15, 0.2) is 0 Å². The SMILES string of the molecule is CCCc1ccc(-c2ccc(-c3ccc(C(F)(F)F)nc3)cc2)cc1F. The van der Waals surface area contributed by atoms with Crippen LogP contribution < -0.4 is 0 Å². The van der Waals surface area contributed by atoms with Crippen molar-refractivity contribution in [2.24, 2.45) is 0 Å². The first-order valence-corrected chi connectivity index (χ1v) is 8.31. The molecule has 134 valence electrons. The summed E-state index contributed by atoms with van der Waals surface area (Å²) in [4.78, 5) is 3.47. The van der Waals surface area contributed by atoms with Crippen molar-refractivity contribution < 1.29 is 17.6 Å². The van der Waals surface area contributed by atoms with Gasteiger partial charge in [0.25, 0.3) is 0 Å². The lowest BCUT2D eigenvalue weighted by atomic mass is 9.99. The summed E-state index contributed by atoms with van der Waals surface area (Å²) in [5, 5.41) is 0. The molecular weight excluding hydrogens is 342 g/mol. The molecule has 0 aliphatic heterocycles. The summed E-state index contributed by atoms with van der Waals surface area (Å²) in [6, 6.07) is 14.8. The molecule has 3 rings (SSSR count). The minimum absolute atomic E-state index is 0.222. The maximum atomic E-state index is 14.1. The number of alkyl halides is 3. The Hall–Kier alpha value is -2.69. The predicted molar refractivity (Wildman–Crippen MR) is 94.1 cm³/mol. The maximum Gasteiger partial charge on any atom is 0.433 e. The highest BCUT2D eigenvalue weighted by molar-refractivity contribution is 5.70. The number of aryl methyl sites for hydroxylation is 1. The molecule has 0 bridgehead atoms. The van der Waals surface area contributed by atoms with E-state index in [0.29, 0.717) is 17.5 Å². The number of hydrogen-bond donors (Lipinski definition) is 0. The molecular formula is C21H17F4N. The summed E-state index contributed by atoms with van der Waals surface area (Å²) < 4.78 is 51.8. The molecule has 5 heteroatoms. The first kappa shape index (κ1) is 18.1. The summed E-state index contributed by atoms with van der Waals surface area (Å²) >= 11 is 0. The zero-order valence-electron chi connectivity index (χ0n) is 14.1. The van der Waals surface area contributed by atoms with Crippen molar-refractivity contribution >= 4 is 0 Å². The van der Waals surface area contributed by atoms with Crippen LogP contribution in [0.4, 0.5) is 17.6 Å². The Balaban J connectivity index is 1.83. The number of aromatic nitrogens is 1. The van der Waals surface area contributed by atoms with Gasteiger partial charge < -0.3 is 0 Å². The van der Waals surface area contributed by atoms with Crippen LogP contribution in [0.15, 0.2) is 60.8 Å². The van der Waals surface area contributed by atoms with Crippen LogP contribution in [0.25, 0.3) is 22.3 Å². The monoisotopic (exact) mass is 359 g/mol. The third-order valence-corrected chi connectivity index (χ3v) is 4.18. The van der Waals surface area contributed by atoms with Crippen molar-refractivity contribution in [2.75, 3.05) is 0 Å². The van der Waals surface area contributed by atoms with E-state index in [0.717, 1.165) is 29.2 Å². The van der Waals surface area contributed by atoms with Crippen LogP contribution in [0, 0.1) is 5.82 Å². The van der Waals surface area contributed by atoms with Crippen molar-refractivity contribution in [3.05, 3.63) is 77.9 Å². The van der Waals surface area contributed by atoms with E-state index in [1.807, 2.05) is 25.1 Å². The normalized spacial score (nSPS) is 11.6. The minimum atomic E-state index is -4.45. The molecule has 0 fully saturated rings. The third kappa shape index (κ3) is 3.93. The zero-order chi connectivity index (χ0) is 18.7. The molecule has 1 nitrogen and oxygen atoms in total. The summed E-state index contributed by atoms with van der Waals surface area (Å²) in [6.45, 7) is 2.00. The quantitative estimate of drug-likeness (QED) is 0.483. The second-order valence-corrected chi connectivity index (χ2v) is 6.06. The van der Waals surface area contributed by atoms with Crippen LogP contribution in [0.2, 0.25) is 0 Å². The molecule has 0 N–H and O–H groups in total. The molecule has 0 aliphatic carbocycles. The molecule has 0 unspecified atom stereocenters. The topological polar surface area (TPSA) is 12.9 Å². The Bertz CT molecular complexity index is 881. The minimum Gasteiger partial charge on any atom is -0.251 e. The molecule has 1 aromatic heterocycles. The van der Waals surface area contributed by atoms with Gasteiger partial charge in [-0.05, 0) is 40.8 Å². The van der Waals surface area contributed by atoms with Crippen molar-refractivity contribution in [3.63, 3.8) is 0 Å². The van der Waals surface area contributed by atoms with Crippen LogP contribution >= 0.6 is 0 Å². The van der Waals surface area contributed by atoms with Crippen LogP contribution in [-0.2, 0) is 12.6 Å². The molecule has 0 spiro atoms. The lowest BCUT2D eigenvalue weighted by Gasteiger charge is -2.09. The molecule has 0 saturated carbocycles. The van der Waals surface area contributed by atoms with Gasteiger partial charge in [-0.25, -0.2) is 4.39 Å². The second-order valence-electron chi connectivity index (χ2n) is 6.06. The van der Waals surface area contributed by atoms with Crippen LogP contribution in [-0.4, -0.2) is 4.98 Å². The predicted octanol–water partition coefficient (Wildman–Crippen LogP) is 6.53. The second kappa shape index (κ2) is 7.28. The lowest BCUT2D eigenvalue weighted by Crippen LogP contribution is -2.07. The standard InChI is InChI=1S/C21H17F4N/c1-2-3-16-8-9-17(12-19(16)22)14-4-6-15(7-5-14)18-10-11-20(26-13-18)21(23,24)25/h4-13H,2-3H2,1H3. The molecule has 0 atom stereocenters. The van der Waals surface area contributed by atoms with E-state index >= 15 is 0 Å². The van der Waals surface area contributed by atoms with Gasteiger partial charge in [-0.2, -0.15) is 13.2 Å². The molecule has 0 amide bonds. The number of hydrogen-bond acceptors (Lipinski definition) is 1. The average Bonchev–Trinajstić information content (AvgIpc) is 2.63. The smallest absolute Gasteiger partial charge is 0.251 e. The fraction of sp³-hybridized carbons (Fsp3) is 0.190. The Morgan fingerprint density at radius 2 is 1.38 bits per heavy atom. The molecule has 1 heterocycles. The Morgan fingerprint density at radius 1 is 0.808 bits per heavy atom. The fourth-order valence-corrected chi connectivity index (χ4v) is 2.79. The largest absolute Gasteiger partial charge is 0.433 e. The van der Waals surface area contributed by atoms with Gasteiger partial charge in [0.05, 0.1) is 0 Å². The van der Waals surface area contributed by atoms with Crippen LogP contribution in [0.3, 0.4) is 0 Å². The Labute approximate surface area is 149 Å². The summed E-state index contributed by atoms with van der Waals surface area (Å²) in [7, 11) is 0. The van der Waals surface area contributed by atoms with Gasteiger partial charge >= 0.3 is 6.18 Å². The number of nitrogens with zero attached hydrogens (tertiary/aromatic N) is 1. The van der Waals surface area contributed by atoms with Crippen molar-refractivity contribution in [3.8, 4) is 22.3 Å². The van der Waals surface area contributed by atoms with E-state index < -0.39 is 11.9 Å². The van der Waals surface area contributed by atoms with Crippen molar-refractivity contribution in [1.29, 1.82) is 0 Å². The van der Waals surface area contributed by atoms with Gasteiger partial charge in [0.1, 0.15) is 11.5 Å². The third-order valence-electron chi connectivity index (χ3n) is 4.18. The van der Waals surface area contributed by atoms with E-state index in [1.165, 1.54) is 18.3 Å². The van der Waals surface area contributed by atoms with E-state index in [4.69, 9.17) is 0 Å². The zero-order valence-corrected chi connectivity index (χ0v) is 14.1. The van der Waals surface area contributed by atoms with Crippen molar-refractivity contribution in [1.82, 2.24) is 4.98 Å². The van der Waals surface area contributed by atoms with E-state index in [-0.39, 0.29) is 5.82 Å². The highest BCUT2D eigenvalue weighted by Crippen LogP contribution is 2.30. The molecule has 26 heavy (non-hydrogen) atoms. The summed E-state index contributed by atoms with van der Waals surface area (Å²) in [5.74, 6) is -0.222. The first-order valence-electron chi connectivity index (χ1n) is 8.31. The van der Waals surface area contributed by atoms with Crippen molar-refractivity contribution in [2.45, 2.75) is 25.9 Å². The fourth-order valence-electron chi connectivity index (χ4n) is 2.79. The van der Waals surface area contributed by atoms with E-state index in [2.05, 4.69) is 4.98 Å². The first-order chi connectivity index (χ1) is 12.4. The summed E-state index contributed by atoms with van der Waals surface area (Å²) in [6.07, 6.45) is -1.66. The summed E-state index contributed by atoms with van der Waals surface area (Å²) in [5.41, 5.74) is 2.73. The molecule has 2 aromatic carbocycles. The van der Waals surface area contributed by atoms with Crippen LogP contribution in [0.5, 0.6) is 0 Å².